The minimum atomic E-state index is 0.265. The Kier molecular flexibility index (Phi) is 5.03. The number of ether oxygens (including phenoxy) is 1. The molecule has 0 bridgehead atoms. The lowest BCUT2D eigenvalue weighted by molar-refractivity contribution is 0.0525. The van der Waals surface area contributed by atoms with Gasteiger partial charge in [-0.2, -0.15) is 0 Å². The monoisotopic (exact) mass is 289 g/mol. The average Bonchev–Trinajstić information content (AvgIpc) is 2.39. The zero-order valence-corrected chi connectivity index (χ0v) is 11.9. The Morgan fingerprint density at radius 1 is 1.50 bits per heavy atom. The van der Waals surface area contributed by atoms with Crippen molar-refractivity contribution in [1.82, 2.24) is 9.97 Å². The second-order valence-electron chi connectivity index (χ2n) is 4.27. The summed E-state index contributed by atoms with van der Waals surface area (Å²) in [5, 5.41) is 0.438. The molecule has 0 N–H and O–H groups in total. The quantitative estimate of drug-likeness (QED) is 0.631. The van der Waals surface area contributed by atoms with Gasteiger partial charge in [0, 0.05) is 25.3 Å². The van der Waals surface area contributed by atoms with Gasteiger partial charge >= 0.3 is 0 Å². The van der Waals surface area contributed by atoms with Gasteiger partial charge in [0.05, 0.1) is 12.0 Å². The predicted molar refractivity (Wildman–Crippen MR) is 73.5 cm³/mol. The van der Waals surface area contributed by atoms with Crippen LogP contribution in [0.3, 0.4) is 0 Å². The highest BCUT2D eigenvalue weighted by molar-refractivity contribution is 6.31. The summed E-state index contributed by atoms with van der Waals surface area (Å²) in [7, 11) is 0. The maximum absolute atomic E-state index is 6.05. The van der Waals surface area contributed by atoms with Gasteiger partial charge in [-0.1, -0.05) is 11.6 Å². The average molecular weight is 290 g/mol. The third-order valence-electron chi connectivity index (χ3n) is 3.08. The first-order valence-electron chi connectivity index (χ1n) is 6.18. The Morgan fingerprint density at radius 2 is 2.33 bits per heavy atom. The largest absolute Gasteiger partial charge is 0.377 e. The normalized spacial score (nSPS) is 20.2. The molecular formula is C12H17Cl2N3O. The van der Waals surface area contributed by atoms with E-state index in [9.17, 15) is 0 Å². The third-order valence-corrected chi connectivity index (χ3v) is 3.68. The van der Waals surface area contributed by atoms with Gasteiger partial charge in [-0.15, -0.1) is 11.6 Å². The Bertz CT molecular complexity index is 401. The van der Waals surface area contributed by atoms with Crippen molar-refractivity contribution in [3.63, 3.8) is 0 Å². The predicted octanol–water partition coefficient (Wildman–Crippen LogP) is 2.87. The van der Waals surface area contributed by atoms with E-state index in [1.165, 1.54) is 6.33 Å². The van der Waals surface area contributed by atoms with E-state index in [1.54, 1.807) is 0 Å². The molecule has 0 spiro atoms. The molecule has 1 aliphatic heterocycles. The number of anilines is 1. The molecule has 0 aromatic carbocycles. The molecule has 1 saturated heterocycles. The molecule has 4 nitrogen and oxygen atoms in total. The number of nitrogens with zero attached hydrogens (tertiary/aromatic N) is 3. The summed E-state index contributed by atoms with van der Waals surface area (Å²) in [6.07, 6.45) is 3.94. The summed E-state index contributed by atoms with van der Waals surface area (Å²) in [4.78, 5) is 10.5. The zero-order valence-electron chi connectivity index (χ0n) is 10.4. The van der Waals surface area contributed by atoms with Gasteiger partial charge in [-0.3, -0.25) is 0 Å². The van der Waals surface area contributed by atoms with Crippen molar-refractivity contribution in [3.05, 3.63) is 17.0 Å². The molecule has 0 saturated carbocycles. The molecule has 2 rings (SSSR count). The second-order valence-corrected chi connectivity index (χ2v) is 4.89. The minimum absolute atomic E-state index is 0.265. The first kappa shape index (κ1) is 13.8. The van der Waals surface area contributed by atoms with Gasteiger partial charge in [0.2, 0.25) is 0 Å². The number of hydrogen-bond donors (Lipinski definition) is 0. The lowest BCUT2D eigenvalue weighted by atomic mass is 10.1. The van der Waals surface area contributed by atoms with Crippen molar-refractivity contribution in [1.29, 1.82) is 0 Å². The highest BCUT2D eigenvalue weighted by Gasteiger charge is 2.23. The van der Waals surface area contributed by atoms with E-state index in [1.807, 2.05) is 6.92 Å². The van der Waals surface area contributed by atoms with Gasteiger partial charge in [0.25, 0.3) is 0 Å². The van der Waals surface area contributed by atoms with E-state index in [2.05, 4.69) is 14.9 Å². The van der Waals surface area contributed by atoms with Gasteiger partial charge in [-0.25, -0.2) is 9.97 Å². The highest BCUT2D eigenvalue weighted by atomic mass is 35.5. The zero-order chi connectivity index (χ0) is 13.0. The summed E-state index contributed by atoms with van der Waals surface area (Å²) >= 11 is 12.0. The van der Waals surface area contributed by atoms with Crippen molar-refractivity contribution < 1.29 is 4.74 Å². The lowest BCUT2D eigenvalue weighted by Crippen LogP contribution is -2.40. The number of hydrogen-bond acceptors (Lipinski definition) is 4. The fourth-order valence-electron chi connectivity index (χ4n) is 2.27. The molecular weight excluding hydrogens is 273 g/mol. The van der Waals surface area contributed by atoms with Gasteiger partial charge in [0.1, 0.15) is 17.3 Å². The van der Waals surface area contributed by atoms with Crippen LogP contribution >= 0.6 is 23.2 Å². The fraction of sp³-hybridized carbons (Fsp3) is 0.667. The summed E-state index contributed by atoms with van der Waals surface area (Å²) in [5.41, 5.74) is 0.804. The van der Waals surface area contributed by atoms with Crippen molar-refractivity contribution in [2.75, 3.05) is 24.6 Å². The Hall–Kier alpha value is -0.580. The minimum Gasteiger partial charge on any atom is -0.377 e. The molecule has 1 fully saturated rings. The van der Waals surface area contributed by atoms with E-state index in [0.717, 1.165) is 43.9 Å². The summed E-state index contributed by atoms with van der Waals surface area (Å²) in [6.45, 7) is 4.56. The third kappa shape index (κ3) is 3.05. The van der Waals surface area contributed by atoms with Crippen LogP contribution in [0.25, 0.3) is 0 Å². The number of aromatic nitrogens is 2. The van der Waals surface area contributed by atoms with Crippen LogP contribution in [0.5, 0.6) is 0 Å². The molecule has 2 heterocycles. The van der Waals surface area contributed by atoms with Crippen LogP contribution in [0.15, 0.2) is 6.33 Å². The summed E-state index contributed by atoms with van der Waals surface area (Å²) < 4.78 is 5.69. The van der Waals surface area contributed by atoms with Gasteiger partial charge in [-0.05, 0) is 19.8 Å². The highest BCUT2D eigenvalue weighted by Crippen LogP contribution is 2.27. The fourth-order valence-corrected chi connectivity index (χ4v) is 2.78. The Balaban J connectivity index is 2.18. The SMILES string of the molecule is CCOC1CCCN(c2ncnc(Cl)c2CCl)C1. The first-order valence-corrected chi connectivity index (χ1v) is 7.09. The number of piperidine rings is 1. The molecule has 1 atom stereocenters. The van der Waals surface area contributed by atoms with Crippen molar-refractivity contribution in [3.8, 4) is 0 Å². The molecule has 0 radical (unpaired) electrons. The molecule has 1 aliphatic rings. The van der Waals surface area contributed by atoms with Gasteiger partial charge < -0.3 is 9.64 Å². The van der Waals surface area contributed by atoms with E-state index >= 15 is 0 Å². The molecule has 0 aliphatic carbocycles. The molecule has 1 unspecified atom stereocenters. The van der Waals surface area contributed by atoms with Crippen LogP contribution in [-0.2, 0) is 10.6 Å². The smallest absolute Gasteiger partial charge is 0.138 e. The lowest BCUT2D eigenvalue weighted by Gasteiger charge is -2.34. The van der Waals surface area contributed by atoms with Crippen LogP contribution in [0.2, 0.25) is 5.15 Å². The Morgan fingerprint density at radius 3 is 3.06 bits per heavy atom. The standard InChI is InChI=1S/C12H17Cl2N3O/c1-2-18-9-4-3-5-17(7-9)12-10(6-13)11(14)15-8-16-12/h8-9H,2-7H2,1H3. The van der Waals surface area contributed by atoms with Crippen molar-refractivity contribution in [2.45, 2.75) is 31.7 Å². The van der Waals surface area contributed by atoms with E-state index in [-0.39, 0.29) is 6.10 Å². The molecule has 1 aromatic heterocycles. The summed E-state index contributed by atoms with van der Waals surface area (Å²) in [5.74, 6) is 1.17. The van der Waals surface area contributed by atoms with Crippen LogP contribution in [0, 0.1) is 0 Å². The molecule has 18 heavy (non-hydrogen) atoms. The van der Waals surface area contributed by atoms with E-state index in [0.29, 0.717) is 11.0 Å². The maximum atomic E-state index is 6.05. The van der Waals surface area contributed by atoms with Gasteiger partial charge in [0.15, 0.2) is 0 Å². The topological polar surface area (TPSA) is 38.2 Å². The van der Waals surface area contributed by atoms with Crippen molar-refractivity contribution in [2.24, 2.45) is 0 Å². The van der Waals surface area contributed by atoms with Crippen molar-refractivity contribution >= 4 is 29.0 Å². The maximum Gasteiger partial charge on any atom is 0.138 e. The molecule has 6 heteroatoms. The number of rotatable bonds is 4. The first-order chi connectivity index (χ1) is 8.76. The number of alkyl halides is 1. The van der Waals surface area contributed by atoms with Crippen LogP contribution in [0.1, 0.15) is 25.3 Å². The number of halogens is 2. The van der Waals surface area contributed by atoms with E-state index in [4.69, 9.17) is 27.9 Å². The Labute approximate surface area is 117 Å². The molecule has 0 amide bonds. The summed E-state index contributed by atoms with van der Waals surface area (Å²) in [6, 6.07) is 0. The molecule has 100 valence electrons. The van der Waals surface area contributed by atoms with E-state index < -0.39 is 0 Å². The van der Waals surface area contributed by atoms with Crippen LogP contribution in [-0.4, -0.2) is 35.8 Å². The van der Waals surface area contributed by atoms with Crippen LogP contribution in [0.4, 0.5) is 5.82 Å². The van der Waals surface area contributed by atoms with Crippen LogP contribution < -0.4 is 4.90 Å². The second kappa shape index (κ2) is 6.55. The molecule has 1 aromatic rings.